The molecule has 1 N–H and O–H groups in total. The zero-order chi connectivity index (χ0) is 6.69. The molecule has 0 fully saturated rings. The minimum atomic E-state index is 0.513. The van der Waals surface area contributed by atoms with Crippen LogP contribution in [0.3, 0.4) is 0 Å². The monoisotopic (exact) mass is 126 g/mol. The fourth-order valence-corrected chi connectivity index (χ4v) is 0.944. The van der Waals surface area contributed by atoms with Crippen molar-refractivity contribution in [3.63, 3.8) is 0 Å². The quantitative estimate of drug-likeness (QED) is 0.549. The van der Waals surface area contributed by atoms with Gasteiger partial charge in [0.25, 0.3) is 0 Å². The van der Waals surface area contributed by atoms with Gasteiger partial charge in [0.2, 0.25) is 0 Å². The second-order valence-electron chi connectivity index (χ2n) is 2.78. The maximum absolute atomic E-state index is 4.19. The van der Waals surface area contributed by atoms with Crippen molar-refractivity contribution in [2.75, 3.05) is 13.1 Å². The summed E-state index contributed by atoms with van der Waals surface area (Å²) >= 11 is 0. The third-order valence-corrected chi connectivity index (χ3v) is 1.61. The summed E-state index contributed by atoms with van der Waals surface area (Å²) in [5.41, 5.74) is 0. The van der Waals surface area contributed by atoms with Crippen LogP contribution in [-0.4, -0.2) is 25.3 Å². The Morgan fingerprint density at radius 1 is 1.67 bits per heavy atom. The van der Waals surface area contributed by atoms with Gasteiger partial charge < -0.3 is 5.32 Å². The first-order valence-corrected chi connectivity index (χ1v) is 3.54. The Bertz CT molecular complexity index is 107. The van der Waals surface area contributed by atoms with Gasteiger partial charge in [-0.15, -0.1) is 0 Å². The Balaban J connectivity index is 2.40. The highest BCUT2D eigenvalue weighted by Crippen LogP contribution is 2.00. The van der Waals surface area contributed by atoms with E-state index in [4.69, 9.17) is 0 Å². The predicted octanol–water partition coefficient (Wildman–Crippen LogP) is 0.685. The largest absolute Gasteiger partial charge is 0.307 e. The van der Waals surface area contributed by atoms with Crippen LogP contribution < -0.4 is 5.32 Å². The van der Waals surface area contributed by atoms with Gasteiger partial charge in [0, 0.05) is 18.8 Å². The minimum absolute atomic E-state index is 0.513. The van der Waals surface area contributed by atoms with Crippen LogP contribution in [0.15, 0.2) is 4.99 Å². The highest BCUT2D eigenvalue weighted by molar-refractivity contribution is 5.65. The van der Waals surface area contributed by atoms with Crippen molar-refractivity contribution >= 4 is 6.21 Å². The second kappa shape index (κ2) is 2.97. The summed E-state index contributed by atoms with van der Waals surface area (Å²) in [4.78, 5) is 4.19. The summed E-state index contributed by atoms with van der Waals surface area (Å²) in [7, 11) is 0. The zero-order valence-electron chi connectivity index (χ0n) is 6.09. The van der Waals surface area contributed by atoms with E-state index in [-0.39, 0.29) is 0 Å². The first kappa shape index (κ1) is 6.75. The molecule has 0 aromatic rings. The summed E-state index contributed by atoms with van der Waals surface area (Å²) in [5, 5.41) is 3.37. The molecule has 0 aromatic heterocycles. The molecule has 2 heteroatoms. The molecule has 1 atom stereocenters. The van der Waals surface area contributed by atoms with Crippen LogP contribution in [0.25, 0.3) is 0 Å². The molecule has 1 unspecified atom stereocenters. The Hall–Kier alpha value is -0.370. The molecule has 1 heterocycles. The van der Waals surface area contributed by atoms with Gasteiger partial charge in [0.1, 0.15) is 0 Å². The van der Waals surface area contributed by atoms with Gasteiger partial charge >= 0.3 is 0 Å². The molecule has 52 valence electrons. The summed E-state index contributed by atoms with van der Waals surface area (Å²) in [6.45, 7) is 6.40. The zero-order valence-corrected chi connectivity index (χ0v) is 6.09. The summed E-state index contributed by atoms with van der Waals surface area (Å²) < 4.78 is 0. The third-order valence-electron chi connectivity index (χ3n) is 1.61. The fraction of sp³-hybridized carbons (Fsp3) is 0.857. The normalized spacial score (nSPS) is 27.2. The maximum atomic E-state index is 4.19. The lowest BCUT2D eigenvalue weighted by molar-refractivity contribution is 0.485. The van der Waals surface area contributed by atoms with Crippen LogP contribution in [0.1, 0.15) is 13.8 Å². The van der Waals surface area contributed by atoms with Crippen molar-refractivity contribution in [3.8, 4) is 0 Å². The van der Waals surface area contributed by atoms with Gasteiger partial charge in [0.05, 0.1) is 6.54 Å². The van der Waals surface area contributed by atoms with Crippen LogP contribution >= 0.6 is 0 Å². The molecule has 0 amide bonds. The van der Waals surface area contributed by atoms with Crippen LogP contribution in [-0.2, 0) is 0 Å². The molecule has 0 bridgehead atoms. The van der Waals surface area contributed by atoms with Crippen molar-refractivity contribution < 1.29 is 0 Å². The van der Waals surface area contributed by atoms with E-state index in [9.17, 15) is 0 Å². The topological polar surface area (TPSA) is 24.4 Å². The smallest absolute Gasteiger partial charge is 0.0511 e. The molecule has 1 rings (SSSR count). The first-order chi connectivity index (χ1) is 4.30. The number of hydrogen-bond acceptors (Lipinski definition) is 2. The average molecular weight is 126 g/mol. The predicted molar refractivity (Wildman–Crippen MR) is 40.0 cm³/mol. The van der Waals surface area contributed by atoms with E-state index in [1.807, 2.05) is 6.21 Å². The van der Waals surface area contributed by atoms with Crippen molar-refractivity contribution in [2.24, 2.45) is 10.9 Å². The molecule has 0 saturated carbocycles. The van der Waals surface area contributed by atoms with Crippen LogP contribution in [0, 0.1) is 5.92 Å². The highest BCUT2D eigenvalue weighted by atomic mass is 15.0. The van der Waals surface area contributed by atoms with Gasteiger partial charge in [-0.2, -0.15) is 0 Å². The van der Waals surface area contributed by atoms with Gasteiger partial charge in [-0.1, -0.05) is 13.8 Å². The molecule has 0 aliphatic carbocycles. The van der Waals surface area contributed by atoms with Crippen LogP contribution in [0.2, 0.25) is 0 Å². The number of hydrogen-bond donors (Lipinski definition) is 1. The Kier molecular flexibility index (Phi) is 2.22. The van der Waals surface area contributed by atoms with E-state index < -0.39 is 0 Å². The van der Waals surface area contributed by atoms with Crippen LogP contribution in [0.4, 0.5) is 0 Å². The Morgan fingerprint density at radius 2 is 2.44 bits per heavy atom. The number of nitrogens with zero attached hydrogens (tertiary/aromatic N) is 1. The van der Waals surface area contributed by atoms with Gasteiger partial charge in [-0.3, -0.25) is 4.99 Å². The summed E-state index contributed by atoms with van der Waals surface area (Å²) in [5.74, 6) is 0.675. The lowest BCUT2D eigenvalue weighted by atomic mass is 10.1. The molecule has 9 heavy (non-hydrogen) atoms. The van der Waals surface area contributed by atoms with Gasteiger partial charge in [0.15, 0.2) is 0 Å². The lowest BCUT2D eigenvalue weighted by Gasteiger charge is -2.20. The molecular formula is C7H14N2. The Morgan fingerprint density at radius 3 is 2.78 bits per heavy atom. The highest BCUT2D eigenvalue weighted by Gasteiger charge is 2.10. The van der Waals surface area contributed by atoms with E-state index in [2.05, 4.69) is 24.2 Å². The molecule has 0 spiro atoms. The number of rotatable bonds is 1. The fourth-order valence-electron chi connectivity index (χ4n) is 0.944. The van der Waals surface area contributed by atoms with E-state index in [1.165, 1.54) is 0 Å². The molecule has 0 radical (unpaired) electrons. The van der Waals surface area contributed by atoms with E-state index in [0.717, 1.165) is 13.1 Å². The van der Waals surface area contributed by atoms with Crippen molar-refractivity contribution in [1.82, 2.24) is 5.32 Å². The van der Waals surface area contributed by atoms with Crippen molar-refractivity contribution in [1.29, 1.82) is 0 Å². The average Bonchev–Trinajstić information content (AvgIpc) is 1.90. The van der Waals surface area contributed by atoms with Crippen molar-refractivity contribution in [3.05, 3.63) is 0 Å². The SMILES string of the molecule is CC(C)C1C=NCCN1. The van der Waals surface area contributed by atoms with E-state index >= 15 is 0 Å². The minimum Gasteiger partial charge on any atom is -0.307 e. The Labute approximate surface area is 56.4 Å². The maximum Gasteiger partial charge on any atom is 0.0511 e. The van der Waals surface area contributed by atoms with E-state index in [1.54, 1.807) is 0 Å². The lowest BCUT2D eigenvalue weighted by Crippen LogP contribution is -2.39. The molecule has 2 nitrogen and oxygen atoms in total. The van der Waals surface area contributed by atoms with Gasteiger partial charge in [-0.25, -0.2) is 0 Å². The summed E-state index contributed by atoms with van der Waals surface area (Å²) in [6.07, 6.45) is 2.02. The van der Waals surface area contributed by atoms with Crippen LogP contribution in [0.5, 0.6) is 0 Å². The molecule has 1 aliphatic rings. The van der Waals surface area contributed by atoms with Crippen molar-refractivity contribution in [2.45, 2.75) is 19.9 Å². The summed E-state index contributed by atoms with van der Waals surface area (Å²) in [6, 6.07) is 0.513. The molecule has 0 aromatic carbocycles. The standard InChI is InChI=1S/C7H14N2/c1-6(2)7-5-8-3-4-9-7/h5-7,9H,3-4H2,1-2H3. The first-order valence-electron chi connectivity index (χ1n) is 3.54. The number of nitrogens with one attached hydrogen (secondary N) is 1. The van der Waals surface area contributed by atoms with Gasteiger partial charge in [-0.05, 0) is 5.92 Å². The number of aliphatic imine (C=N–C) groups is 1. The molecule has 1 aliphatic heterocycles. The second-order valence-corrected chi connectivity index (χ2v) is 2.78. The third kappa shape index (κ3) is 1.79. The molecule has 0 saturated heterocycles. The molecular weight excluding hydrogens is 112 g/mol. The van der Waals surface area contributed by atoms with E-state index in [0.29, 0.717) is 12.0 Å².